The second-order valence-electron chi connectivity index (χ2n) is 2.64. The largest absolute Gasteiger partial charge is 0.384 e. The molecule has 0 fully saturated rings. The second-order valence-corrected chi connectivity index (χ2v) is 2.64. The third-order valence-corrected chi connectivity index (χ3v) is 1.78. The lowest BCUT2D eigenvalue weighted by Gasteiger charge is -2.03. The Hall–Kier alpha value is -1.31. The number of hydrogen-bond donors (Lipinski definition) is 1. The van der Waals surface area contributed by atoms with Crippen molar-refractivity contribution in [1.82, 2.24) is 0 Å². The van der Waals surface area contributed by atoms with Gasteiger partial charge in [-0.25, -0.2) is 0 Å². The van der Waals surface area contributed by atoms with E-state index in [-0.39, 0.29) is 0 Å². The Kier molecular flexibility index (Phi) is 3.33. The average molecular weight is 162 g/mol. The first-order valence-corrected chi connectivity index (χ1v) is 4.08. The molecule has 12 heavy (non-hydrogen) atoms. The third-order valence-electron chi connectivity index (χ3n) is 1.78. The van der Waals surface area contributed by atoms with E-state index >= 15 is 0 Å². The van der Waals surface area contributed by atoms with Crippen molar-refractivity contribution in [2.24, 2.45) is 10.7 Å². The molecule has 0 unspecified atom stereocenters. The van der Waals surface area contributed by atoms with Crippen molar-refractivity contribution >= 4 is 5.84 Å². The number of hydrogen-bond acceptors (Lipinski definition) is 1. The highest BCUT2D eigenvalue weighted by atomic mass is 14.8. The summed E-state index contributed by atoms with van der Waals surface area (Å²) in [4.78, 5) is 3.94. The van der Waals surface area contributed by atoms with E-state index in [0.29, 0.717) is 5.84 Å². The Morgan fingerprint density at radius 2 is 2.25 bits per heavy atom. The predicted molar refractivity (Wildman–Crippen MR) is 53.1 cm³/mol. The Morgan fingerprint density at radius 1 is 1.42 bits per heavy atom. The van der Waals surface area contributed by atoms with E-state index in [0.717, 1.165) is 18.4 Å². The van der Waals surface area contributed by atoms with Crippen LogP contribution in [0.25, 0.3) is 0 Å². The molecule has 0 bridgehead atoms. The zero-order chi connectivity index (χ0) is 8.81. The minimum Gasteiger partial charge on any atom is -0.384 e. The lowest BCUT2D eigenvalue weighted by Crippen LogP contribution is -2.14. The molecule has 64 valence electrons. The SMILES string of the molecule is CN=C(N)/C1=C/C=C\CC=CC1. The van der Waals surface area contributed by atoms with E-state index in [1.807, 2.05) is 12.2 Å². The summed E-state index contributed by atoms with van der Waals surface area (Å²) in [6, 6.07) is 0. The van der Waals surface area contributed by atoms with Crippen LogP contribution in [0.4, 0.5) is 0 Å². The number of aliphatic imine (C=N–C) groups is 1. The molecule has 0 atom stereocenters. The Bertz CT molecular complexity index is 257. The fraction of sp³-hybridized carbons (Fsp3) is 0.300. The molecule has 0 saturated carbocycles. The van der Waals surface area contributed by atoms with Crippen LogP contribution in [0.1, 0.15) is 12.8 Å². The van der Waals surface area contributed by atoms with Crippen LogP contribution in [0.15, 0.2) is 40.9 Å². The summed E-state index contributed by atoms with van der Waals surface area (Å²) in [6.07, 6.45) is 12.3. The molecule has 1 aliphatic carbocycles. The van der Waals surface area contributed by atoms with Crippen LogP contribution in [-0.2, 0) is 0 Å². The molecule has 1 rings (SSSR count). The average Bonchev–Trinajstić information content (AvgIpc) is 2.02. The summed E-state index contributed by atoms with van der Waals surface area (Å²) < 4.78 is 0. The first-order chi connectivity index (χ1) is 5.84. The van der Waals surface area contributed by atoms with Crippen molar-refractivity contribution in [2.75, 3.05) is 7.05 Å². The number of amidine groups is 1. The van der Waals surface area contributed by atoms with Gasteiger partial charge in [-0.05, 0) is 18.4 Å². The van der Waals surface area contributed by atoms with Gasteiger partial charge in [-0.1, -0.05) is 30.4 Å². The van der Waals surface area contributed by atoms with Crippen molar-refractivity contribution in [3.8, 4) is 0 Å². The number of rotatable bonds is 1. The van der Waals surface area contributed by atoms with Crippen molar-refractivity contribution in [1.29, 1.82) is 0 Å². The van der Waals surface area contributed by atoms with Gasteiger partial charge < -0.3 is 5.73 Å². The maximum absolute atomic E-state index is 5.68. The monoisotopic (exact) mass is 162 g/mol. The summed E-state index contributed by atoms with van der Waals surface area (Å²) in [7, 11) is 1.71. The topological polar surface area (TPSA) is 38.4 Å². The number of allylic oxidation sites excluding steroid dienone is 5. The molecule has 2 N–H and O–H groups in total. The van der Waals surface area contributed by atoms with Gasteiger partial charge in [-0.15, -0.1) is 0 Å². The van der Waals surface area contributed by atoms with Crippen LogP contribution < -0.4 is 5.73 Å². The van der Waals surface area contributed by atoms with Crippen LogP contribution in [0.3, 0.4) is 0 Å². The van der Waals surface area contributed by atoms with E-state index in [9.17, 15) is 0 Å². The normalized spacial score (nSPS) is 25.4. The van der Waals surface area contributed by atoms with Gasteiger partial charge in [0, 0.05) is 7.05 Å². The first kappa shape index (κ1) is 8.78. The Balaban J connectivity index is 2.80. The van der Waals surface area contributed by atoms with Gasteiger partial charge in [-0.3, -0.25) is 4.99 Å². The summed E-state index contributed by atoms with van der Waals surface area (Å²) >= 11 is 0. The highest BCUT2D eigenvalue weighted by Gasteiger charge is 1.98. The van der Waals surface area contributed by atoms with E-state index in [4.69, 9.17) is 5.73 Å². The molecule has 0 saturated heterocycles. The zero-order valence-electron chi connectivity index (χ0n) is 7.33. The molecule has 0 aliphatic heterocycles. The molecular weight excluding hydrogens is 148 g/mol. The van der Waals surface area contributed by atoms with E-state index in [1.165, 1.54) is 0 Å². The van der Waals surface area contributed by atoms with Crippen LogP contribution in [0.5, 0.6) is 0 Å². The highest BCUT2D eigenvalue weighted by Crippen LogP contribution is 2.06. The quantitative estimate of drug-likeness (QED) is 0.356. The van der Waals surface area contributed by atoms with Gasteiger partial charge in [-0.2, -0.15) is 0 Å². The molecule has 0 aromatic rings. The minimum atomic E-state index is 0.631. The van der Waals surface area contributed by atoms with Gasteiger partial charge in [0.2, 0.25) is 0 Å². The van der Waals surface area contributed by atoms with E-state index < -0.39 is 0 Å². The highest BCUT2D eigenvalue weighted by molar-refractivity contribution is 5.97. The lowest BCUT2D eigenvalue weighted by molar-refractivity contribution is 1.23. The summed E-state index contributed by atoms with van der Waals surface area (Å²) in [6.45, 7) is 0. The molecule has 0 aromatic heterocycles. The maximum atomic E-state index is 5.68. The Labute approximate surface area is 73.2 Å². The number of nitrogens with two attached hydrogens (primary N) is 1. The van der Waals surface area contributed by atoms with Gasteiger partial charge in [0.1, 0.15) is 5.84 Å². The fourth-order valence-electron chi connectivity index (χ4n) is 1.05. The summed E-state index contributed by atoms with van der Waals surface area (Å²) in [5, 5.41) is 0. The molecule has 0 aromatic carbocycles. The first-order valence-electron chi connectivity index (χ1n) is 4.08. The predicted octanol–water partition coefficient (Wildman–Crippen LogP) is 1.81. The smallest absolute Gasteiger partial charge is 0.121 e. The van der Waals surface area contributed by atoms with Gasteiger partial charge in [0.05, 0.1) is 0 Å². The van der Waals surface area contributed by atoms with Crippen LogP contribution in [0, 0.1) is 0 Å². The molecule has 2 heteroatoms. The number of nitrogens with zero attached hydrogens (tertiary/aromatic N) is 1. The summed E-state index contributed by atoms with van der Waals surface area (Å²) in [5.74, 6) is 0.631. The van der Waals surface area contributed by atoms with Gasteiger partial charge in [0.15, 0.2) is 0 Å². The standard InChI is InChI=1S/C10H14N2/c1-12-10(11)9-7-5-3-2-4-6-8-9/h3-7H,2,8H2,1H3,(H2,11,12)/b5-3-,6-4?,9-7+. The van der Waals surface area contributed by atoms with Crippen LogP contribution in [-0.4, -0.2) is 12.9 Å². The third kappa shape index (κ3) is 2.38. The van der Waals surface area contributed by atoms with Gasteiger partial charge in [0.25, 0.3) is 0 Å². The van der Waals surface area contributed by atoms with Crippen LogP contribution >= 0.6 is 0 Å². The molecular formula is C10H14N2. The molecule has 1 aliphatic rings. The van der Waals surface area contributed by atoms with Crippen molar-refractivity contribution in [3.63, 3.8) is 0 Å². The lowest BCUT2D eigenvalue weighted by atomic mass is 10.1. The molecule has 2 nitrogen and oxygen atoms in total. The van der Waals surface area contributed by atoms with Crippen LogP contribution in [0.2, 0.25) is 0 Å². The summed E-state index contributed by atoms with van der Waals surface area (Å²) in [5.41, 5.74) is 6.77. The molecule has 0 spiro atoms. The molecule has 0 amide bonds. The van der Waals surface area contributed by atoms with E-state index in [1.54, 1.807) is 7.05 Å². The minimum absolute atomic E-state index is 0.631. The van der Waals surface area contributed by atoms with E-state index in [2.05, 4.69) is 23.2 Å². The second kappa shape index (κ2) is 4.54. The van der Waals surface area contributed by atoms with Gasteiger partial charge >= 0.3 is 0 Å². The zero-order valence-corrected chi connectivity index (χ0v) is 7.33. The van der Waals surface area contributed by atoms with Crippen molar-refractivity contribution in [3.05, 3.63) is 36.0 Å². The maximum Gasteiger partial charge on any atom is 0.121 e. The Morgan fingerprint density at radius 3 is 3.00 bits per heavy atom. The van der Waals surface area contributed by atoms with Crippen molar-refractivity contribution < 1.29 is 0 Å². The fourth-order valence-corrected chi connectivity index (χ4v) is 1.05. The molecule has 0 heterocycles. The molecule has 0 radical (unpaired) electrons. The van der Waals surface area contributed by atoms with Crippen molar-refractivity contribution in [2.45, 2.75) is 12.8 Å².